The number of hydrogen-bond donors (Lipinski definition) is 2. The van der Waals surface area contributed by atoms with Crippen molar-refractivity contribution in [1.29, 1.82) is 0 Å². The molecule has 2 heterocycles. The summed E-state index contributed by atoms with van der Waals surface area (Å²) in [6, 6.07) is 5.23. The zero-order chi connectivity index (χ0) is 12.0. The summed E-state index contributed by atoms with van der Waals surface area (Å²) >= 11 is 0. The van der Waals surface area contributed by atoms with Crippen LogP contribution in [0.3, 0.4) is 0 Å². The molecule has 2 aromatic rings. The lowest BCUT2D eigenvalue weighted by atomic mass is 10.2. The number of H-pyrrole nitrogens is 1. The number of aromatic amines is 1. The Hall–Kier alpha value is -1.75. The average Bonchev–Trinajstić information content (AvgIpc) is 2.80. The first kappa shape index (κ1) is 10.4. The van der Waals surface area contributed by atoms with Crippen LogP contribution in [-0.4, -0.2) is 39.7 Å². The molecule has 0 aliphatic carbocycles. The van der Waals surface area contributed by atoms with E-state index >= 15 is 0 Å². The first-order valence-electron chi connectivity index (χ1n) is 5.77. The number of phenols is 1. The summed E-state index contributed by atoms with van der Waals surface area (Å²) < 4.78 is 1.80. The molecule has 1 aliphatic heterocycles. The molecular formula is C12H15N3O2. The number of likely N-dealkylation sites (tertiary alicyclic amines) is 1. The van der Waals surface area contributed by atoms with E-state index in [1.54, 1.807) is 22.8 Å². The molecule has 5 heteroatoms. The van der Waals surface area contributed by atoms with Crippen LogP contribution in [0.15, 0.2) is 23.0 Å². The van der Waals surface area contributed by atoms with Gasteiger partial charge in [0.25, 0.3) is 0 Å². The van der Waals surface area contributed by atoms with Crippen molar-refractivity contribution in [3.05, 3.63) is 28.7 Å². The second kappa shape index (κ2) is 3.63. The topological polar surface area (TPSA) is 61.3 Å². The van der Waals surface area contributed by atoms with Gasteiger partial charge in [-0.05, 0) is 32.1 Å². The van der Waals surface area contributed by atoms with Crippen LogP contribution in [0.1, 0.15) is 12.5 Å². The second-order valence-corrected chi connectivity index (χ2v) is 4.71. The SMILES string of the molecule is CN1CCC(n2c(=O)[nH]c3cc(O)ccc32)C1. The highest BCUT2D eigenvalue weighted by Gasteiger charge is 2.24. The van der Waals surface area contributed by atoms with Crippen molar-refractivity contribution in [3.63, 3.8) is 0 Å². The van der Waals surface area contributed by atoms with Crippen LogP contribution in [0.25, 0.3) is 11.0 Å². The molecule has 1 fully saturated rings. The third kappa shape index (κ3) is 1.63. The molecule has 5 nitrogen and oxygen atoms in total. The minimum Gasteiger partial charge on any atom is -0.508 e. The van der Waals surface area contributed by atoms with E-state index in [9.17, 15) is 9.90 Å². The van der Waals surface area contributed by atoms with Gasteiger partial charge in [0, 0.05) is 12.6 Å². The summed E-state index contributed by atoms with van der Waals surface area (Å²) in [5.41, 5.74) is 1.48. The monoisotopic (exact) mass is 233 g/mol. The second-order valence-electron chi connectivity index (χ2n) is 4.71. The van der Waals surface area contributed by atoms with E-state index in [1.807, 2.05) is 0 Å². The van der Waals surface area contributed by atoms with E-state index < -0.39 is 0 Å². The summed E-state index contributed by atoms with van der Waals surface area (Å²) in [6.45, 7) is 1.91. The van der Waals surface area contributed by atoms with Gasteiger partial charge in [-0.1, -0.05) is 0 Å². The predicted octanol–water partition coefficient (Wildman–Crippen LogP) is 0.912. The van der Waals surface area contributed by atoms with Crippen LogP contribution in [0.5, 0.6) is 5.75 Å². The van der Waals surface area contributed by atoms with E-state index in [-0.39, 0.29) is 17.5 Å². The zero-order valence-corrected chi connectivity index (χ0v) is 9.68. The molecule has 90 valence electrons. The summed E-state index contributed by atoms with van der Waals surface area (Å²) in [7, 11) is 2.06. The van der Waals surface area contributed by atoms with E-state index in [0.29, 0.717) is 5.52 Å². The maximum atomic E-state index is 12.0. The number of aromatic nitrogens is 2. The van der Waals surface area contributed by atoms with Crippen molar-refractivity contribution >= 4 is 11.0 Å². The molecular weight excluding hydrogens is 218 g/mol. The van der Waals surface area contributed by atoms with Crippen molar-refractivity contribution in [2.24, 2.45) is 0 Å². The van der Waals surface area contributed by atoms with Crippen LogP contribution < -0.4 is 5.69 Å². The molecule has 1 aromatic carbocycles. The lowest BCUT2D eigenvalue weighted by molar-refractivity contribution is 0.392. The highest BCUT2D eigenvalue weighted by Crippen LogP contribution is 2.24. The van der Waals surface area contributed by atoms with Gasteiger partial charge in [0.05, 0.1) is 17.1 Å². The van der Waals surface area contributed by atoms with E-state index in [0.717, 1.165) is 25.0 Å². The third-order valence-corrected chi connectivity index (χ3v) is 3.43. The van der Waals surface area contributed by atoms with Gasteiger partial charge in [-0.25, -0.2) is 4.79 Å². The fourth-order valence-corrected chi connectivity index (χ4v) is 2.60. The molecule has 2 N–H and O–H groups in total. The van der Waals surface area contributed by atoms with Crippen LogP contribution in [0.4, 0.5) is 0 Å². The normalized spacial score (nSPS) is 21.4. The molecule has 0 saturated carbocycles. The van der Waals surface area contributed by atoms with Gasteiger partial charge in [0.1, 0.15) is 5.75 Å². The van der Waals surface area contributed by atoms with Gasteiger partial charge >= 0.3 is 5.69 Å². The Morgan fingerprint density at radius 3 is 3.00 bits per heavy atom. The molecule has 0 bridgehead atoms. The Labute approximate surface area is 98.3 Å². The summed E-state index contributed by atoms with van der Waals surface area (Å²) in [5.74, 6) is 0.175. The van der Waals surface area contributed by atoms with Gasteiger partial charge in [-0.2, -0.15) is 0 Å². The summed E-state index contributed by atoms with van der Waals surface area (Å²) in [6.07, 6.45) is 0.990. The lowest BCUT2D eigenvalue weighted by Crippen LogP contribution is -2.24. The van der Waals surface area contributed by atoms with Gasteiger partial charge in [0.15, 0.2) is 0 Å². The van der Waals surface area contributed by atoms with Gasteiger partial charge in [-0.15, -0.1) is 0 Å². The van der Waals surface area contributed by atoms with Crippen LogP contribution in [0, 0.1) is 0 Å². The largest absolute Gasteiger partial charge is 0.508 e. The Balaban J connectivity index is 2.15. The van der Waals surface area contributed by atoms with Crippen molar-refractivity contribution in [2.45, 2.75) is 12.5 Å². The highest BCUT2D eigenvalue weighted by molar-refractivity contribution is 5.77. The number of phenolic OH excluding ortho intramolecular Hbond substituents is 1. The fraction of sp³-hybridized carbons (Fsp3) is 0.417. The molecule has 1 aromatic heterocycles. The van der Waals surface area contributed by atoms with E-state index in [4.69, 9.17) is 0 Å². The molecule has 17 heavy (non-hydrogen) atoms. The molecule has 1 aliphatic rings. The Morgan fingerprint density at radius 1 is 1.47 bits per heavy atom. The number of benzene rings is 1. The standard InChI is InChI=1S/C12H15N3O2/c1-14-5-4-8(7-14)15-11-3-2-9(16)6-10(11)13-12(15)17/h2-3,6,8,16H,4-5,7H2,1H3,(H,13,17). The van der Waals surface area contributed by atoms with Gasteiger partial charge in [-0.3, -0.25) is 4.57 Å². The highest BCUT2D eigenvalue weighted by atomic mass is 16.3. The number of rotatable bonds is 1. The Kier molecular flexibility index (Phi) is 2.22. The van der Waals surface area contributed by atoms with Gasteiger partial charge in [0.2, 0.25) is 0 Å². The number of nitrogens with zero attached hydrogens (tertiary/aromatic N) is 2. The number of nitrogens with one attached hydrogen (secondary N) is 1. The van der Waals surface area contributed by atoms with Crippen LogP contribution in [-0.2, 0) is 0 Å². The maximum absolute atomic E-state index is 12.0. The summed E-state index contributed by atoms with van der Waals surface area (Å²) in [5, 5.41) is 9.40. The minimum absolute atomic E-state index is 0.0918. The molecule has 0 spiro atoms. The quantitative estimate of drug-likeness (QED) is 0.769. The lowest BCUT2D eigenvalue weighted by Gasteiger charge is -2.12. The fourth-order valence-electron chi connectivity index (χ4n) is 2.60. The molecule has 0 radical (unpaired) electrons. The first-order chi connectivity index (χ1) is 8.15. The number of hydrogen-bond acceptors (Lipinski definition) is 3. The van der Waals surface area contributed by atoms with Crippen molar-refractivity contribution in [3.8, 4) is 5.75 Å². The van der Waals surface area contributed by atoms with Crippen molar-refractivity contribution in [2.75, 3.05) is 20.1 Å². The minimum atomic E-state index is -0.0918. The third-order valence-electron chi connectivity index (χ3n) is 3.43. The van der Waals surface area contributed by atoms with Gasteiger partial charge < -0.3 is 15.0 Å². The number of fused-ring (bicyclic) bond motifs is 1. The average molecular weight is 233 g/mol. The van der Waals surface area contributed by atoms with Crippen LogP contribution in [0.2, 0.25) is 0 Å². The summed E-state index contributed by atoms with van der Waals surface area (Å²) in [4.78, 5) is 17.0. The Morgan fingerprint density at radius 2 is 2.29 bits per heavy atom. The molecule has 1 saturated heterocycles. The number of imidazole rings is 1. The van der Waals surface area contributed by atoms with E-state index in [1.165, 1.54) is 0 Å². The maximum Gasteiger partial charge on any atom is 0.326 e. The van der Waals surface area contributed by atoms with Crippen molar-refractivity contribution in [1.82, 2.24) is 14.5 Å². The molecule has 1 atom stereocenters. The molecule has 1 unspecified atom stereocenters. The number of likely N-dealkylation sites (N-methyl/N-ethyl adjacent to an activating group) is 1. The zero-order valence-electron chi connectivity index (χ0n) is 9.68. The molecule has 0 amide bonds. The number of aromatic hydroxyl groups is 1. The van der Waals surface area contributed by atoms with E-state index in [2.05, 4.69) is 16.9 Å². The van der Waals surface area contributed by atoms with Crippen molar-refractivity contribution < 1.29 is 5.11 Å². The molecule has 3 rings (SSSR count). The Bertz CT molecular complexity index is 614. The first-order valence-corrected chi connectivity index (χ1v) is 5.77. The predicted molar refractivity (Wildman–Crippen MR) is 65.4 cm³/mol. The smallest absolute Gasteiger partial charge is 0.326 e. The van der Waals surface area contributed by atoms with Crippen LogP contribution >= 0.6 is 0 Å².